The fraction of sp³-hybridized carbons (Fsp3) is 0.938. The number of unbranched alkanes of at least 4 members (excludes halogenated alkanes) is 1. The van der Waals surface area contributed by atoms with Crippen LogP contribution < -0.4 is 5.32 Å². The number of carbonyl (C=O) groups is 1. The van der Waals surface area contributed by atoms with E-state index >= 15 is 0 Å². The summed E-state index contributed by atoms with van der Waals surface area (Å²) in [7, 11) is 0. The minimum absolute atomic E-state index is 0.156. The molecule has 132 valence electrons. The molecule has 0 aliphatic rings. The lowest BCUT2D eigenvalue weighted by Gasteiger charge is -2.32. The lowest BCUT2D eigenvalue weighted by molar-refractivity contribution is -0.131. The second-order valence-electron chi connectivity index (χ2n) is 6.37. The van der Waals surface area contributed by atoms with Crippen molar-refractivity contribution in [2.24, 2.45) is 11.8 Å². The molecular weight excluding hydrogens is 302 g/mol. The molecule has 0 heterocycles. The number of hydrogen-bond acceptors (Lipinski definition) is 5. The minimum Gasteiger partial charge on any atom is -0.394 e. The molecule has 0 aromatic carbocycles. The number of thioether (sulfide) groups is 1. The van der Waals surface area contributed by atoms with Crippen LogP contribution in [0.1, 0.15) is 47.0 Å². The third-order valence-corrected chi connectivity index (χ3v) is 5.21. The van der Waals surface area contributed by atoms with Gasteiger partial charge in [0.2, 0.25) is 5.91 Å². The van der Waals surface area contributed by atoms with Gasteiger partial charge in [0.05, 0.1) is 19.8 Å². The summed E-state index contributed by atoms with van der Waals surface area (Å²) in [6.07, 6.45) is 3.09. The topological polar surface area (TPSA) is 89.8 Å². The highest BCUT2D eigenvalue weighted by molar-refractivity contribution is 7.99. The third-order valence-electron chi connectivity index (χ3n) is 3.92. The summed E-state index contributed by atoms with van der Waals surface area (Å²) in [4.78, 5) is 12.5. The van der Waals surface area contributed by atoms with Gasteiger partial charge in [0, 0.05) is 11.2 Å². The van der Waals surface area contributed by atoms with Gasteiger partial charge in [0.15, 0.2) is 0 Å². The molecule has 0 spiro atoms. The molecule has 1 amide bonds. The molecule has 0 aliphatic heterocycles. The van der Waals surface area contributed by atoms with E-state index in [0.29, 0.717) is 5.25 Å². The summed E-state index contributed by atoms with van der Waals surface area (Å²) in [5.74, 6) is 0.837. The Morgan fingerprint density at radius 1 is 1.14 bits per heavy atom. The van der Waals surface area contributed by atoms with E-state index in [2.05, 4.69) is 19.2 Å². The van der Waals surface area contributed by atoms with Crippen molar-refractivity contribution in [2.45, 2.75) is 57.7 Å². The van der Waals surface area contributed by atoms with Crippen molar-refractivity contribution in [3.8, 4) is 0 Å². The summed E-state index contributed by atoms with van der Waals surface area (Å²) in [6, 6.07) is 0. The second-order valence-corrected chi connectivity index (χ2v) is 7.91. The van der Waals surface area contributed by atoms with Crippen LogP contribution in [-0.2, 0) is 4.79 Å². The van der Waals surface area contributed by atoms with Crippen molar-refractivity contribution in [1.82, 2.24) is 5.32 Å². The molecule has 0 rings (SSSR count). The maximum Gasteiger partial charge on any atom is 0.224 e. The first kappa shape index (κ1) is 21.7. The SMILES string of the molecule is CCCCSC(C)CC(C(=O)NC(CO)(CO)CO)C(C)C. The van der Waals surface area contributed by atoms with E-state index in [9.17, 15) is 20.1 Å². The highest BCUT2D eigenvalue weighted by Gasteiger charge is 2.34. The van der Waals surface area contributed by atoms with Crippen molar-refractivity contribution in [2.75, 3.05) is 25.6 Å². The van der Waals surface area contributed by atoms with Crippen LogP contribution in [0.3, 0.4) is 0 Å². The first-order valence-electron chi connectivity index (χ1n) is 8.12. The molecule has 0 radical (unpaired) electrons. The average molecular weight is 336 g/mol. The smallest absolute Gasteiger partial charge is 0.224 e. The largest absolute Gasteiger partial charge is 0.394 e. The van der Waals surface area contributed by atoms with Gasteiger partial charge in [-0.05, 0) is 24.5 Å². The number of carbonyl (C=O) groups excluding carboxylic acids is 1. The Kier molecular flexibility index (Phi) is 11.1. The molecule has 0 aromatic heterocycles. The fourth-order valence-electron chi connectivity index (χ4n) is 2.16. The van der Waals surface area contributed by atoms with E-state index in [1.54, 1.807) is 0 Å². The van der Waals surface area contributed by atoms with Crippen LogP contribution in [0.2, 0.25) is 0 Å². The molecule has 6 heteroatoms. The predicted octanol–water partition coefficient (Wildman–Crippen LogP) is 1.40. The van der Waals surface area contributed by atoms with E-state index in [0.717, 1.165) is 12.2 Å². The van der Waals surface area contributed by atoms with Crippen LogP contribution in [0.25, 0.3) is 0 Å². The molecule has 0 saturated heterocycles. The third kappa shape index (κ3) is 7.31. The lowest BCUT2D eigenvalue weighted by atomic mass is 9.89. The Balaban J connectivity index is 4.70. The first-order chi connectivity index (χ1) is 10.4. The molecule has 4 N–H and O–H groups in total. The molecule has 0 fully saturated rings. The van der Waals surface area contributed by atoms with Gasteiger partial charge in [-0.1, -0.05) is 34.1 Å². The minimum atomic E-state index is -1.34. The number of aliphatic hydroxyl groups is 3. The van der Waals surface area contributed by atoms with Crippen LogP contribution in [0, 0.1) is 11.8 Å². The zero-order chi connectivity index (χ0) is 17.2. The molecule has 0 aliphatic carbocycles. The van der Waals surface area contributed by atoms with Crippen molar-refractivity contribution >= 4 is 17.7 Å². The van der Waals surface area contributed by atoms with E-state index in [1.165, 1.54) is 12.8 Å². The van der Waals surface area contributed by atoms with Gasteiger partial charge in [0.25, 0.3) is 0 Å². The van der Waals surface area contributed by atoms with Crippen molar-refractivity contribution in [3.05, 3.63) is 0 Å². The van der Waals surface area contributed by atoms with Crippen LogP contribution >= 0.6 is 11.8 Å². The van der Waals surface area contributed by atoms with Crippen LogP contribution in [0.15, 0.2) is 0 Å². The molecule has 22 heavy (non-hydrogen) atoms. The van der Waals surface area contributed by atoms with Crippen molar-refractivity contribution in [3.63, 3.8) is 0 Å². The van der Waals surface area contributed by atoms with Gasteiger partial charge < -0.3 is 20.6 Å². The van der Waals surface area contributed by atoms with Crippen molar-refractivity contribution < 1.29 is 20.1 Å². The Morgan fingerprint density at radius 3 is 2.09 bits per heavy atom. The zero-order valence-corrected chi connectivity index (χ0v) is 15.2. The van der Waals surface area contributed by atoms with Crippen LogP contribution in [-0.4, -0.2) is 57.6 Å². The van der Waals surface area contributed by atoms with Gasteiger partial charge in [-0.3, -0.25) is 4.79 Å². The van der Waals surface area contributed by atoms with E-state index in [4.69, 9.17) is 0 Å². The molecule has 2 unspecified atom stereocenters. The molecule has 0 bridgehead atoms. The highest BCUT2D eigenvalue weighted by atomic mass is 32.2. The van der Waals surface area contributed by atoms with E-state index in [1.807, 2.05) is 25.6 Å². The molecule has 2 atom stereocenters. The standard InChI is InChI=1S/C16H33NO4S/c1-5-6-7-22-13(4)8-14(12(2)3)15(21)17-16(9-18,10-19)11-20/h12-14,18-20H,5-11H2,1-4H3,(H,17,21). The maximum absolute atomic E-state index is 12.5. The fourth-order valence-corrected chi connectivity index (χ4v) is 3.36. The normalized spacial score (nSPS) is 14.9. The number of rotatable bonds is 12. The molecular formula is C16H33NO4S. The predicted molar refractivity (Wildman–Crippen MR) is 91.9 cm³/mol. The summed E-state index contributed by atoms with van der Waals surface area (Å²) in [6.45, 7) is 6.80. The molecule has 0 aromatic rings. The summed E-state index contributed by atoms with van der Waals surface area (Å²) in [5, 5.41) is 31.0. The summed E-state index contributed by atoms with van der Waals surface area (Å²) >= 11 is 1.87. The number of hydrogen-bond donors (Lipinski definition) is 4. The Bertz CT molecular complexity index is 300. The Labute approximate surface area is 138 Å². The highest BCUT2D eigenvalue weighted by Crippen LogP contribution is 2.25. The maximum atomic E-state index is 12.5. The molecule has 0 saturated carbocycles. The van der Waals surface area contributed by atoms with Crippen LogP contribution in [0.4, 0.5) is 0 Å². The summed E-state index contributed by atoms with van der Waals surface area (Å²) < 4.78 is 0. The zero-order valence-electron chi connectivity index (χ0n) is 14.3. The second kappa shape index (κ2) is 11.3. The lowest BCUT2D eigenvalue weighted by Crippen LogP contribution is -2.58. The van der Waals surface area contributed by atoms with Gasteiger partial charge in [-0.2, -0.15) is 11.8 Å². The van der Waals surface area contributed by atoms with Gasteiger partial charge >= 0.3 is 0 Å². The summed E-state index contributed by atoms with van der Waals surface area (Å²) in [5.41, 5.74) is -1.34. The first-order valence-corrected chi connectivity index (χ1v) is 9.16. The van der Waals surface area contributed by atoms with E-state index < -0.39 is 25.4 Å². The quantitative estimate of drug-likeness (QED) is 0.405. The number of amides is 1. The van der Waals surface area contributed by atoms with Gasteiger partial charge in [0.1, 0.15) is 5.54 Å². The van der Waals surface area contributed by atoms with Crippen LogP contribution in [0.5, 0.6) is 0 Å². The monoisotopic (exact) mass is 335 g/mol. The Morgan fingerprint density at radius 2 is 1.68 bits per heavy atom. The van der Waals surface area contributed by atoms with Crippen molar-refractivity contribution in [1.29, 1.82) is 0 Å². The Hall–Kier alpha value is -0.300. The molecule has 5 nitrogen and oxygen atoms in total. The van der Waals surface area contributed by atoms with E-state index in [-0.39, 0.29) is 17.7 Å². The number of aliphatic hydroxyl groups excluding tert-OH is 3. The van der Waals surface area contributed by atoms with Gasteiger partial charge in [-0.15, -0.1) is 0 Å². The number of nitrogens with one attached hydrogen (secondary N) is 1. The van der Waals surface area contributed by atoms with Gasteiger partial charge in [-0.25, -0.2) is 0 Å². The average Bonchev–Trinajstić information content (AvgIpc) is 2.50.